The Hall–Kier alpha value is -3.67. The molecular weight excluding hydrogens is 492 g/mol. The molecule has 1 amide bonds. The molecule has 4 rings (SSSR count). The summed E-state index contributed by atoms with van der Waals surface area (Å²) in [4.78, 5) is 32.0. The lowest BCUT2D eigenvalue weighted by atomic mass is 10.0. The van der Waals surface area contributed by atoms with Gasteiger partial charge in [-0.05, 0) is 45.9 Å². The lowest BCUT2D eigenvalue weighted by Crippen LogP contribution is -2.58. The molecule has 1 N–H and O–H groups in total. The van der Waals surface area contributed by atoms with Gasteiger partial charge in [-0.1, -0.05) is 0 Å². The molecule has 3 aromatic rings. The minimum atomic E-state index is -4.72. The summed E-state index contributed by atoms with van der Waals surface area (Å²) in [5.74, 6) is -1.49. The van der Waals surface area contributed by atoms with Crippen LogP contribution in [0.15, 0.2) is 36.8 Å². The second kappa shape index (κ2) is 10.4. The van der Waals surface area contributed by atoms with Crippen molar-refractivity contribution in [1.29, 1.82) is 0 Å². The van der Waals surface area contributed by atoms with Crippen molar-refractivity contribution in [2.45, 2.75) is 52.1 Å². The van der Waals surface area contributed by atoms with Gasteiger partial charge in [0.1, 0.15) is 5.69 Å². The highest BCUT2D eigenvalue weighted by Crippen LogP contribution is 2.34. The van der Waals surface area contributed by atoms with Crippen molar-refractivity contribution in [2.24, 2.45) is 0 Å². The van der Waals surface area contributed by atoms with Gasteiger partial charge in [0.05, 0.1) is 29.4 Å². The fourth-order valence-electron chi connectivity index (χ4n) is 4.34. The van der Waals surface area contributed by atoms with Crippen LogP contribution >= 0.6 is 0 Å². The topological polar surface area (TPSA) is 93.1 Å². The summed E-state index contributed by atoms with van der Waals surface area (Å²) in [5, 5.41) is 2.77. The SMILES string of the molecule is Cc1ccc(-c2ncccn2)c(C(=O)N2C[C@@H](C)O[C@@H](C)[C@H]2CNc2ncc(C(F)(F)F)c(C)c2F)n1. The van der Waals surface area contributed by atoms with Gasteiger partial charge in [-0.3, -0.25) is 4.79 Å². The molecule has 0 radical (unpaired) electrons. The fourth-order valence-corrected chi connectivity index (χ4v) is 4.34. The number of aryl methyl sites for hydroxylation is 1. The summed E-state index contributed by atoms with van der Waals surface area (Å²) >= 11 is 0. The molecule has 0 spiro atoms. The molecule has 1 saturated heterocycles. The summed E-state index contributed by atoms with van der Waals surface area (Å²) in [6.07, 6.45) is -1.76. The zero-order valence-corrected chi connectivity index (χ0v) is 20.7. The van der Waals surface area contributed by atoms with Crippen LogP contribution in [0.25, 0.3) is 11.4 Å². The van der Waals surface area contributed by atoms with E-state index in [1.165, 1.54) is 0 Å². The Kier molecular flexibility index (Phi) is 7.39. The molecule has 1 aliphatic heterocycles. The van der Waals surface area contributed by atoms with Crippen molar-refractivity contribution in [3.05, 3.63) is 65.1 Å². The van der Waals surface area contributed by atoms with Gasteiger partial charge in [0.15, 0.2) is 17.5 Å². The first-order chi connectivity index (χ1) is 17.5. The molecule has 1 aliphatic rings. The molecule has 3 aromatic heterocycles. The van der Waals surface area contributed by atoms with Gasteiger partial charge in [0, 0.05) is 42.9 Å². The molecule has 8 nitrogen and oxygen atoms in total. The summed E-state index contributed by atoms with van der Waals surface area (Å²) in [5.41, 5.74) is -0.459. The second-order valence-electron chi connectivity index (χ2n) is 8.94. The maximum atomic E-state index is 14.8. The lowest BCUT2D eigenvalue weighted by Gasteiger charge is -2.43. The van der Waals surface area contributed by atoms with Crippen LogP contribution in [-0.4, -0.2) is 62.1 Å². The molecule has 37 heavy (non-hydrogen) atoms. The normalized spacial score (nSPS) is 20.1. The molecule has 4 heterocycles. The first kappa shape index (κ1) is 26.4. The summed E-state index contributed by atoms with van der Waals surface area (Å²) in [7, 11) is 0. The number of alkyl halides is 3. The largest absolute Gasteiger partial charge is 0.418 e. The molecular formula is C25H26F4N6O2. The smallest absolute Gasteiger partial charge is 0.372 e. The van der Waals surface area contributed by atoms with Gasteiger partial charge in [-0.2, -0.15) is 13.2 Å². The third-order valence-electron chi connectivity index (χ3n) is 6.20. The molecule has 12 heteroatoms. The quantitative estimate of drug-likeness (QED) is 0.500. The Morgan fingerprint density at radius 2 is 1.86 bits per heavy atom. The summed E-state index contributed by atoms with van der Waals surface area (Å²) in [6, 6.07) is 4.55. The summed E-state index contributed by atoms with van der Waals surface area (Å²) in [6.45, 7) is 6.61. The van der Waals surface area contributed by atoms with Crippen LogP contribution in [0, 0.1) is 19.7 Å². The van der Waals surface area contributed by atoms with E-state index in [4.69, 9.17) is 4.74 Å². The number of pyridine rings is 2. The maximum absolute atomic E-state index is 14.8. The van der Waals surface area contributed by atoms with Crippen molar-refractivity contribution in [3.8, 4) is 11.4 Å². The van der Waals surface area contributed by atoms with Crippen molar-refractivity contribution in [3.63, 3.8) is 0 Å². The minimum absolute atomic E-state index is 0.0165. The highest BCUT2D eigenvalue weighted by molar-refractivity contribution is 5.98. The molecule has 196 valence electrons. The molecule has 0 saturated carbocycles. The van der Waals surface area contributed by atoms with Crippen LogP contribution in [0.2, 0.25) is 0 Å². The number of nitrogens with one attached hydrogen (secondary N) is 1. The van der Waals surface area contributed by atoms with Crippen LogP contribution in [0.4, 0.5) is 23.4 Å². The molecule has 1 fully saturated rings. The molecule has 0 aliphatic carbocycles. The number of anilines is 1. The zero-order chi connectivity index (χ0) is 26.9. The number of hydrogen-bond acceptors (Lipinski definition) is 7. The van der Waals surface area contributed by atoms with Crippen LogP contribution < -0.4 is 5.32 Å². The van der Waals surface area contributed by atoms with Gasteiger partial charge < -0.3 is 15.0 Å². The lowest BCUT2D eigenvalue weighted by molar-refractivity contribution is -0.138. The molecule has 3 atom stereocenters. The van der Waals surface area contributed by atoms with Gasteiger partial charge in [-0.15, -0.1) is 0 Å². The third kappa shape index (κ3) is 5.53. The third-order valence-corrected chi connectivity index (χ3v) is 6.20. The first-order valence-electron chi connectivity index (χ1n) is 11.6. The standard InChI is InChI=1S/C25H26F4N6O2/c1-13-6-7-17(22-30-8-5-9-31-22)21(34-13)24(36)35-12-14(2)37-16(4)19(35)11-33-23-20(26)15(3)18(10-32-23)25(27,28)29/h5-10,14,16,19H,11-12H2,1-4H3,(H,32,33)/t14-,16+,19-/m1/s1. The van der Waals surface area contributed by atoms with E-state index in [0.29, 0.717) is 23.3 Å². The van der Waals surface area contributed by atoms with Crippen molar-refractivity contribution in [2.75, 3.05) is 18.4 Å². The fraction of sp³-hybridized carbons (Fsp3) is 0.400. The number of morpholine rings is 1. The number of rotatable bonds is 5. The number of amides is 1. The van der Waals surface area contributed by atoms with E-state index in [9.17, 15) is 22.4 Å². The van der Waals surface area contributed by atoms with Crippen molar-refractivity contribution >= 4 is 11.7 Å². The van der Waals surface area contributed by atoms with Gasteiger partial charge in [0.2, 0.25) is 0 Å². The van der Waals surface area contributed by atoms with Crippen LogP contribution in [-0.2, 0) is 10.9 Å². The number of aromatic nitrogens is 4. The molecule has 0 bridgehead atoms. The van der Waals surface area contributed by atoms with Gasteiger partial charge in [-0.25, -0.2) is 24.3 Å². The van der Waals surface area contributed by atoms with E-state index >= 15 is 0 Å². The van der Waals surface area contributed by atoms with E-state index in [2.05, 4.69) is 25.3 Å². The van der Waals surface area contributed by atoms with Crippen LogP contribution in [0.1, 0.15) is 41.2 Å². The summed E-state index contributed by atoms with van der Waals surface area (Å²) < 4.78 is 60.0. The monoisotopic (exact) mass is 518 g/mol. The maximum Gasteiger partial charge on any atom is 0.418 e. The Bertz CT molecular complexity index is 1290. The Labute approximate surface area is 211 Å². The predicted molar refractivity (Wildman–Crippen MR) is 127 cm³/mol. The first-order valence-corrected chi connectivity index (χ1v) is 11.6. The number of hydrogen-bond donors (Lipinski definition) is 1. The van der Waals surface area contributed by atoms with E-state index in [-0.39, 0.29) is 30.7 Å². The zero-order valence-electron chi connectivity index (χ0n) is 20.7. The Morgan fingerprint density at radius 1 is 1.16 bits per heavy atom. The Morgan fingerprint density at radius 3 is 2.54 bits per heavy atom. The van der Waals surface area contributed by atoms with Gasteiger partial charge in [0.25, 0.3) is 5.91 Å². The molecule has 0 aromatic carbocycles. The number of carbonyl (C=O) groups is 1. The average Bonchev–Trinajstić information content (AvgIpc) is 2.84. The average molecular weight is 519 g/mol. The van der Waals surface area contributed by atoms with Crippen LogP contribution in [0.3, 0.4) is 0 Å². The van der Waals surface area contributed by atoms with E-state index in [1.54, 1.807) is 49.3 Å². The predicted octanol–water partition coefficient (Wildman–Crippen LogP) is 4.44. The van der Waals surface area contributed by atoms with E-state index < -0.39 is 41.2 Å². The Balaban J connectivity index is 1.64. The molecule has 0 unspecified atom stereocenters. The van der Waals surface area contributed by atoms with Gasteiger partial charge >= 0.3 is 6.18 Å². The minimum Gasteiger partial charge on any atom is -0.372 e. The second-order valence-corrected chi connectivity index (χ2v) is 8.94. The number of ether oxygens (including phenoxy) is 1. The number of halogens is 4. The van der Waals surface area contributed by atoms with Crippen molar-refractivity contribution in [1.82, 2.24) is 24.8 Å². The number of carbonyl (C=O) groups excluding carboxylic acids is 1. The highest BCUT2D eigenvalue weighted by atomic mass is 19.4. The van der Waals surface area contributed by atoms with Crippen LogP contribution in [0.5, 0.6) is 0 Å². The number of nitrogens with zero attached hydrogens (tertiary/aromatic N) is 5. The van der Waals surface area contributed by atoms with E-state index in [1.807, 2.05) is 6.92 Å². The van der Waals surface area contributed by atoms with E-state index in [0.717, 1.165) is 6.92 Å². The highest BCUT2D eigenvalue weighted by Gasteiger charge is 2.38. The van der Waals surface area contributed by atoms with Crippen molar-refractivity contribution < 1.29 is 27.1 Å².